The predicted octanol–water partition coefficient (Wildman–Crippen LogP) is 12.3. The van der Waals surface area contributed by atoms with Crippen molar-refractivity contribution in [3.8, 4) is 0 Å². The molecule has 3 N–H and O–H groups in total. The van der Waals surface area contributed by atoms with Gasteiger partial charge in [-0.3, -0.25) is 18.6 Å². The molecule has 0 aliphatic carbocycles. The Balaban J connectivity index is 4.31. The molecule has 316 valence electrons. The zero-order valence-electron chi connectivity index (χ0n) is 34.6. The van der Waals surface area contributed by atoms with Crippen LogP contribution in [0.5, 0.6) is 0 Å². The average molecular weight is 792 g/mol. The summed E-state index contributed by atoms with van der Waals surface area (Å²) in [7, 11) is -4.40. The molecule has 0 bridgehead atoms. The quantitative estimate of drug-likeness (QED) is 0.0270. The molecule has 2 atom stereocenters. The van der Waals surface area contributed by atoms with E-state index >= 15 is 0 Å². The SMILES string of the molecule is CCCC/C=C/CCCCCCCCCCCC(=O)OC[C@H](COP(=O)(O)OCCN)OC(=O)CC/C=C/C/C=C/C/C=C/C/C=C/C/C=C/CCCCC. The number of nitrogens with two attached hydrogens (primary N) is 1. The van der Waals surface area contributed by atoms with Gasteiger partial charge in [0.1, 0.15) is 6.61 Å². The van der Waals surface area contributed by atoms with Crippen LogP contribution < -0.4 is 5.73 Å². The van der Waals surface area contributed by atoms with Crippen molar-refractivity contribution in [3.05, 3.63) is 72.9 Å². The lowest BCUT2D eigenvalue weighted by atomic mass is 10.1. The largest absolute Gasteiger partial charge is 0.472 e. The second-order valence-corrected chi connectivity index (χ2v) is 15.3. The van der Waals surface area contributed by atoms with Crippen LogP contribution in [0.3, 0.4) is 0 Å². The lowest BCUT2D eigenvalue weighted by molar-refractivity contribution is -0.161. The molecular formula is C45H78NO8P. The molecule has 0 amide bonds. The normalized spacial score (nSPS) is 14.0. The highest BCUT2D eigenvalue weighted by molar-refractivity contribution is 7.47. The van der Waals surface area contributed by atoms with E-state index in [1.165, 1.54) is 83.5 Å². The minimum atomic E-state index is -4.40. The minimum absolute atomic E-state index is 0.0389. The van der Waals surface area contributed by atoms with Crippen molar-refractivity contribution in [1.82, 2.24) is 0 Å². The van der Waals surface area contributed by atoms with Crippen LogP contribution in [0.4, 0.5) is 0 Å². The van der Waals surface area contributed by atoms with E-state index in [-0.39, 0.29) is 32.6 Å². The number of unbranched alkanes of at least 4 members (excludes halogenated alkanes) is 14. The number of carbonyl (C=O) groups is 2. The molecule has 0 radical (unpaired) electrons. The van der Waals surface area contributed by atoms with E-state index in [0.717, 1.165) is 51.4 Å². The van der Waals surface area contributed by atoms with Crippen molar-refractivity contribution in [2.75, 3.05) is 26.4 Å². The maximum atomic E-state index is 12.5. The van der Waals surface area contributed by atoms with E-state index in [1.807, 2.05) is 12.2 Å². The van der Waals surface area contributed by atoms with Gasteiger partial charge < -0.3 is 20.1 Å². The Bertz CT molecular complexity index is 1130. The predicted molar refractivity (Wildman–Crippen MR) is 229 cm³/mol. The van der Waals surface area contributed by atoms with Crippen LogP contribution in [-0.2, 0) is 32.7 Å². The van der Waals surface area contributed by atoms with Crippen LogP contribution in [0.2, 0.25) is 0 Å². The van der Waals surface area contributed by atoms with Gasteiger partial charge in [-0.25, -0.2) is 4.57 Å². The van der Waals surface area contributed by atoms with Crippen molar-refractivity contribution < 1.29 is 37.6 Å². The summed E-state index contributed by atoms with van der Waals surface area (Å²) in [6.45, 7) is 3.57. The van der Waals surface area contributed by atoms with E-state index in [1.54, 1.807) is 0 Å². The lowest BCUT2D eigenvalue weighted by Gasteiger charge is -2.19. The molecule has 0 aromatic rings. The topological polar surface area (TPSA) is 134 Å². The summed E-state index contributed by atoms with van der Waals surface area (Å²) in [6, 6.07) is 0. The number of phosphoric ester groups is 1. The van der Waals surface area contributed by atoms with Gasteiger partial charge in [0.05, 0.1) is 13.2 Å². The number of hydrogen-bond acceptors (Lipinski definition) is 8. The van der Waals surface area contributed by atoms with Gasteiger partial charge in [-0.1, -0.05) is 157 Å². The zero-order chi connectivity index (χ0) is 40.3. The molecule has 0 aliphatic heterocycles. The van der Waals surface area contributed by atoms with Crippen molar-refractivity contribution in [3.63, 3.8) is 0 Å². The molecule has 0 spiro atoms. The highest BCUT2D eigenvalue weighted by Gasteiger charge is 2.25. The summed E-state index contributed by atoms with van der Waals surface area (Å²) in [5.41, 5.74) is 5.34. The number of carbonyl (C=O) groups excluding carboxylic acids is 2. The van der Waals surface area contributed by atoms with Crippen molar-refractivity contribution in [2.24, 2.45) is 5.73 Å². The van der Waals surface area contributed by atoms with E-state index in [2.05, 4.69) is 74.6 Å². The monoisotopic (exact) mass is 792 g/mol. The minimum Gasteiger partial charge on any atom is -0.462 e. The Morgan fingerprint density at radius 3 is 1.55 bits per heavy atom. The molecule has 1 unspecified atom stereocenters. The average Bonchev–Trinajstić information content (AvgIpc) is 3.17. The summed E-state index contributed by atoms with van der Waals surface area (Å²) in [5, 5.41) is 0. The Labute approximate surface area is 335 Å². The number of ether oxygens (including phenoxy) is 2. The van der Waals surface area contributed by atoms with Gasteiger partial charge >= 0.3 is 19.8 Å². The second-order valence-electron chi connectivity index (χ2n) is 13.8. The molecular weight excluding hydrogens is 713 g/mol. The van der Waals surface area contributed by atoms with Crippen LogP contribution >= 0.6 is 7.82 Å². The van der Waals surface area contributed by atoms with E-state index in [4.69, 9.17) is 24.3 Å². The fourth-order valence-electron chi connectivity index (χ4n) is 5.36. The van der Waals surface area contributed by atoms with Crippen LogP contribution in [0.1, 0.15) is 168 Å². The van der Waals surface area contributed by atoms with E-state index in [0.29, 0.717) is 6.42 Å². The Morgan fingerprint density at radius 2 is 1.00 bits per heavy atom. The lowest BCUT2D eigenvalue weighted by Crippen LogP contribution is -2.29. The van der Waals surface area contributed by atoms with Crippen molar-refractivity contribution in [1.29, 1.82) is 0 Å². The third-order valence-electron chi connectivity index (χ3n) is 8.58. The number of phosphoric acid groups is 1. The van der Waals surface area contributed by atoms with Crippen LogP contribution in [0.25, 0.3) is 0 Å². The number of allylic oxidation sites excluding steroid dienone is 12. The molecule has 9 nitrogen and oxygen atoms in total. The highest BCUT2D eigenvalue weighted by Crippen LogP contribution is 2.43. The summed E-state index contributed by atoms with van der Waals surface area (Å²) >= 11 is 0. The molecule has 10 heteroatoms. The zero-order valence-corrected chi connectivity index (χ0v) is 35.5. The van der Waals surface area contributed by atoms with Gasteiger partial charge in [0.25, 0.3) is 0 Å². The standard InChI is InChI=1S/C45H78NO8P/c1-3-5-7-9-11-13-15-17-19-20-21-22-24-26-28-30-32-34-36-38-45(48)54-43(42-53-55(49,50)52-40-39-46)41-51-44(47)37-35-33-31-29-27-25-23-18-16-14-12-10-8-6-4-2/h10-13,17,19,21-22,26,28,32,34,43H,3-9,14-16,18,20,23-25,27,29-31,33,35-42,46H2,1-2H3,(H,49,50)/b12-10+,13-11+,19-17+,22-21+,28-26+,34-32+/t43-/m1/s1. The third kappa shape index (κ3) is 40.9. The first kappa shape index (κ1) is 52.5. The first-order valence-electron chi connectivity index (χ1n) is 21.4. The Hall–Kier alpha value is -2.55. The number of esters is 2. The highest BCUT2D eigenvalue weighted by atomic mass is 31.2. The molecule has 0 aromatic carbocycles. The van der Waals surface area contributed by atoms with E-state index < -0.39 is 32.5 Å². The van der Waals surface area contributed by atoms with Crippen molar-refractivity contribution >= 4 is 19.8 Å². The first-order chi connectivity index (χ1) is 26.8. The summed E-state index contributed by atoms with van der Waals surface area (Å²) in [5.74, 6) is -0.932. The van der Waals surface area contributed by atoms with Gasteiger partial charge in [-0.05, 0) is 70.6 Å². The Kier molecular flexibility index (Phi) is 39.2. The maximum absolute atomic E-state index is 12.5. The van der Waals surface area contributed by atoms with Crippen LogP contribution in [-0.4, -0.2) is 49.3 Å². The smallest absolute Gasteiger partial charge is 0.462 e. The molecule has 0 saturated heterocycles. The number of rotatable bonds is 39. The van der Waals surface area contributed by atoms with Gasteiger partial charge in [0.15, 0.2) is 6.10 Å². The van der Waals surface area contributed by atoms with Gasteiger partial charge in [0, 0.05) is 19.4 Å². The fourth-order valence-corrected chi connectivity index (χ4v) is 6.13. The molecule has 55 heavy (non-hydrogen) atoms. The van der Waals surface area contributed by atoms with Gasteiger partial charge in [-0.15, -0.1) is 0 Å². The fraction of sp³-hybridized carbons (Fsp3) is 0.689. The molecule has 0 aliphatic rings. The molecule has 0 rings (SSSR count). The maximum Gasteiger partial charge on any atom is 0.472 e. The molecule has 0 aromatic heterocycles. The van der Waals surface area contributed by atoms with E-state index in [9.17, 15) is 19.0 Å². The van der Waals surface area contributed by atoms with Gasteiger partial charge in [-0.2, -0.15) is 0 Å². The summed E-state index contributed by atoms with van der Waals surface area (Å²) in [6.07, 6.45) is 49.4. The van der Waals surface area contributed by atoms with Crippen LogP contribution in [0, 0.1) is 0 Å². The molecule has 0 saturated carbocycles. The first-order valence-corrected chi connectivity index (χ1v) is 22.9. The second kappa shape index (κ2) is 41.1. The van der Waals surface area contributed by atoms with Gasteiger partial charge in [0.2, 0.25) is 0 Å². The number of hydrogen-bond donors (Lipinski definition) is 2. The van der Waals surface area contributed by atoms with Crippen LogP contribution in [0.15, 0.2) is 72.9 Å². The summed E-state index contributed by atoms with van der Waals surface area (Å²) in [4.78, 5) is 34.8. The summed E-state index contributed by atoms with van der Waals surface area (Å²) < 4.78 is 32.7. The molecule has 0 fully saturated rings. The third-order valence-corrected chi connectivity index (χ3v) is 9.56. The Morgan fingerprint density at radius 1 is 0.545 bits per heavy atom. The molecule has 0 heterocycles. The van der Waals surface area contributed by atoms with Crippen molar-refractivity contribution in [2.45, 2.75) is 174 Å².